The molecular weight excluding hydrogens is 221 g/mol. The lowest BCUT2D eigenvalue weighted by atomic mass is 9.90. The third-order valence-electron chi connectivity index (χ3n) is 3.21. The van der Waals surface area contributed by atoms with E-state index < -0.39 is 0 Å². The summed E-state index contributed by atoms with van der Waals surface area (Å²) in [4.78, 5) is 0. The monoisotopic (exact) mass is 239 g/mol. The summed E-state index contributed by atoms with van der Waals surface area (Å²) < 4.78 is 12.9. The number of benzene rings is 1. The van der Waals surface area contributed by atoms with Crippen molar-refractivity contribution in [2.75, 3.05) is 18.6 Å². The van der Waals surface area contributed by atoms with E-state index in [1.807, 2.05) is 30.9 Å². The van der Waals surface area contributed by atoms with Gasteiger partial charge >= 0.3 is 0 Å². The van der Waals surface area contributed by atoms with Crippen molar-refractivity contribution in [3.8, 4) is 0 Å². The van der Waals surface area contributed by atoms with Gasteiger partial charge in [0.15, 0.2) is 0 Å². The molecule has 0 aromatic heterocycles. The van der Waals surface area contributed by atoms with Crippen molar-refractivity contribution in [2.24, 2.45) is 5.92 Å². The Hall–Kier alpha value is -0.540. The summed E-state index contributed by atoms with van der Waals surface area (Å²) >= 11 is 2.03. The largest absolute Gasteiger partial charge is 0.313 e. The lowest BCUT2D eigenvalue weighted by Gasteiger charge is -2.30. The van der Waals surface area contributed by atoms with E-state index in [2.05, 4.69) is 5.32 Å². The smallest absolute Gasteiger partial charge is 0.123 e. The van der Waals surface area contributed by atoms with Crippen molar-refractivity contribution in [3.63, 3.8) is 0 Å². The van der Waals surface area contributed by atoms with E-state index in [4.69, 9.17) is 0 Å². The molecule has 2 rings (SSSR count). The van der Waals surface area contributed by atoms with Gasteiger partial charge in [0.1, 0.15) is 5.82 Å². The fourth-order valence-electron chi connectivity index (χ4n) is 2.37. The molecule has 0 radical (unpaired) electrons. The first-order valence-corrected chi connectivity index (χ1v) is 6.97. The number of rotatable bonds is 3. The van der Waals surface area contributed by atoms with Crippen molar-refractivity contribution in [1.29, 1.82) is 0 Å². The van der Waals surface area contributed by atoms with Crippen LogP contribution in [0.2, 0.25) is 0 Å². The van der Waals surface area contributed by atoms with Crippen LogP contribution in [0, 0.1) is 11.7 Å². The van der Waals surface area contributed by atoms with E-state index in [0.29, 0.717) is 12.0 Å². The highest BCUT2D eigenvalue weighted by Gasteiger charge is 2.23. The lowest BCUT2D eigenvalue weighted by Crippen LogP contribution is -2.28. The highest BCUT2D eigenvalue weighted by molar-refractivity contribution is 7.99. The van der Waals surface area contributed by atoms with Gasteiger partial charge in [-0.25, -0.2) is 4.39 Å². The first-order valence-electron chi connectivity index (χ1n) is 5.81. The Morgan fingerprint density at radius 2 is 2.12 bits per heavy atom. The number of thioether (sulfide) groups is 1. The van der Waals surface area contributed by atoms with Crippen LogP contribution in [-0.2, 0) is 0 Å². The van der Waals surface area contributed by atoms with Crippen LogP contribution in [0.3, 0.4) is 0 Å². The van der Waals surface area contributed by atoms with Crippen LogP contribution in [0.1, 0.15) is 24.4 Å². The fraction of sp³-hybridized carbons (Fsp3) is 0.538. The zero-order valence-electron chi connectivity index (χ0n) is 9.58. The standard InChI is InChI=1S/C13H18FNS/c1-15-13(11-3-2-8-16-9-11)10-4-6-12(14)7-5-10/h4-7,11,13,15H,2-3,8-9H2,1H3. The minimum Gasteiger partial charge on any atom is -0.313 e. The first-order chi connectivity index (χ1) is 7.81. The molecule has 2 atom stereocenters. The number of nitrogens with one attached hydrogen (secondary N) is 1. The van der Waals surface area contributed by atoms with Crippen LogP contribution in [0.25, 0.3) is 0 Å². The summed E-state index contributed by atoms with van der Waals surface area (Å²) in [6, 6.07) is 7.27. The highest BCUT2D eigenvalue weighted by Crippen LogP contribution is 2.32. The molecule has 2 unspecified atom stereocenters. The molecule has 1 aromatic carbocycles. The summed E-state index contributed by atoms with van der Waals surface area (Å²) in [5.74, 6) is 3.02. The van der Waals surface area contributed by atoms with Crippen molar-refractivity contribution >= 4 is 11.8 Å². The van der Waals surface area contributed by atoms with Crippen LogP contribution in [0.15, 0.2) is 24.3 Å². The minimum absolute atomic E-state index is 0.156. The summed E-state index contributed by atoms with van der Waals surface area (Å²) in [6.45, 7) is 0. The zero-order chi connectivity index (χ0) is 11.4. The number of hydrogen-bond acceptors (Lipinski definition) is 2. The Kier molecular flexibility index (Phi) is 4.24. The quantitative estimate of drug-likeness (QED) is 0.869. The van der Waals surface area contributed by atoms with Crippen LogP contribution in [0.5, 0.6) is 0 Å². The molecular formula is C13H18FNS. The molecule has 1 nitrogen and oxygen atoms in total. The molecule has 0 aliphatic carbocycles. The lowest BCUT2D eigenvalue weighted by molar-refractivity contribution is 0.384. The molecule has 3 heteroatoms. The molecule has 0 bridgehead atoms. The second kappa shape index (κ2) is 5.69. The number of hydrogen-bond donors (Lipinski definition) is 1. The second-order valence-corrected chi connectivity index (χ2v) is 5.44. The third-order valence-corrected chi connectivity index (χ3v) is 4.45. The SMILES string of the molecule is CNC(c1ccc(F)cc1)C1CCCSC1. The van der Waals surface area contributed by atoms with Crippen molar-refractivity contribution in [1.82, 2.24) is 5.32 Å². The maximum Gasteiger partial charge on any atom is 0.123 e. The summed E-state index contributed by atoms with van der Waals surface area (Å²) in [6.07, 6.45) is 2.57. The molecule has 16 heavy (non-hydrogen) atoms. The molecule has 1 heterocycles. The molecule has 1 aliphatic heterocycles. The van der Waals surface area contributed by atoms with Gasteiger partial charge in [0, 0.05) is 6.04 Å². The van der Waals surface area contributed by atoms with E-state index in [0.717, 1.165) is 0 Å². The van der Waals surface area contributed by atoms with Gasteiger partial charge in [-0.3, -0.25) is 0 Å². The normalized spacial score (nSPS) is 23.0. The molecule has 0 spiro atoms. The summed E-state index contributed by atoms with van der Waals surface area (Å²) in [5, 5.41) is 3.37. The van der Waals surface area contributed by atoms with Gasteiger partial charge in [-0.15, -0.1) is 0 Å². The predicted molar refractivity (Wildman–Crippen MR) is 68.2 cm³/mol. The Labute approximate surface area is 101 Å². The molecule has 1 aromatic rings. The van der Waals surface area contributed by atoms with Crippen LogP contribution < -0.4 is 5.32 Å². The van der Waals surface area contributed by atoms with Gasteiger partial charge in [-0.1, -0.05) is 12.1 Å². The van der Waals surface area contributed by atoms with E-state index in [9.17, 15) is 4.39 Å². The van der Waals surface area contributed by atoms with E-state index in [1.54, 1.807) is 12.1 Å². The summed E-state index contributed by atoms with van der Waals surface area (Å²) in [5.41, 5.74) is 1.21. The van der Waals surface area contributed by atoms with Crippen molar-refractivity contribution in [3.05, 3.63) is 35.6 Å². The molecule has 0 amide bonds. The Morgan fingerprint density at radius 1 is 1.38 bits per heavy atom. The van der Waals surface area contributed by atoms with E-state index in [-0.39, 0.29) is 5.82 Å². The maximum absolute atomic E-state index is 12.9. The topological polar surface area (TPSA) is 12.0 Å². The second-order valence-electron chi connectivity index (χ2n) is 4.30. The van der Waals surface area contributed by atoms with Gasteiger partial charge < -0.3 is 5.32 Å². The maximum atomic E-state index is 12.9. The van der Waals surface area contributed by atoms with Gasteiger partial charge in [0.05, 0.1) is 0 Å². The average molecular weight is 239 g/mol. The zero-order valence-corrected chi connectivity index (χ0v) is 10.4. The first kappa shape index (κ1) is 11.9. The molecule has 1 N–H and O–H groups in total. The Balaban J connectivity index is 2.11. The predicted octanol–water partition coefficient (Wildman–Crippen LogP) is 3.23. The summed E-state index contributed by atoms with van der Waals surface area (Å²) in [7, 11) is 1.99. The minimum atomic E-state index is -0.156. The van der Waals surface area contributed by atoms with Crippen molar-refractivity contribution < 1.29 is 4.39 Å². The van der Waals surface area contributed by atoms with Crippen molar-refractivity contribution in [2.45, 2.75) is 18.9 Å². The van der Waals surface area contributed by atoms with E-state index in [1.165, 1.54) is 29.9 Å². The molecule has 88 valence electrons. The van der Waals surface area contributed by atoms with Gasteiger partial charge in [-0.2, -0.15) is 11.8 Å². The van der Waals surface area contributed by atoms with E-state index >= 15 is 0 Å². The molecule has 0 saturated carbocycles. The Bertz CT molecular complexity index is 319. The van der Waals surface area contributed by atoms with Gasteiger partial charge in [-0.05, 0) is 55.0 Å². The molecule has 1 fully saturated rings. The fourth-order valence-corrected chi connectivity index (χ4v) is 3.57. The molecule has 1 saturated heterocycles. The van der Waals surface area contributed by atoms with Crippen LogP contribution in [-0.4, -0.2) is 18.6 Å². The average Bonchev–Trinajstić information content (AvgIpc) is 2.34. The van der Waals surface area contributed by atoms with Gasteiger partial charge in [0.25, 0.3) is 0 Å². The Morgan fingerprint density at radius 3 is 2.69 bits per heavy atom. The van der Waals surface area contributed by atoms with Crippen LogP contribution >= 0.6 is 11.8 Å². The van der Waals surface area contributed by atoms with Crippen LogP contribution in [0.4, 0.5) is 4.39 Å². The van der Waals surface area contributed by atoms with Gasteiger partial charge in [0.2, 0.25) is 0 Å². The highest BCUT2D eigenvalue weighted by atomic mass is 32.2. The number of halogens is 1. The molecule has 1 aliphatic rings. The third kappa shape index (κ3) is 2.77.